The van der Waals surface area contributed by atoms with E-state index in [9.17, 15) is 9.59 Å². The monoisotopic (exact) mass is 432 g/mol. The lowest BCUT2D eigenvalue weighted by atomic mass is 9.83. The van der Waals surface area contributed by atoms with E-state index in [0.29, 0.717) is 23.5 Å². The number of likely N-dealkylation sites (tertiary alicyclic amines) is 1. The first-order chi connectivity index (χ1) is 14.6. The molecule has 1 aromatic rings. The Balaban J connectivity index is 1.27. The van der Waals surface area contributed by atoms with Crippen molar-refractivity contribution in [2.75, 3.05) is 25.4 Å². The largest absolute Gasteiger partial charge is 0.461 e. The van der Waals surface area contributed by atoms with E-state index in [1.54, 1.807) is 6.07 Å². The number of thioether (sulfide) groups is 1. The summed E-state index contributed by atoms with van der Waals surface area (Å²) in [5.74, 6) is 2.05. The van der Waals surface area contributed by atoms with Crippen molar-refractivity contribution in [2.24, 2.45) is 5.92 Å². The first kappa shape index (κ1) is 21.9. The molecule has 0 amide bonds. The van der Waals surface area contributed by atoms with Crippen LogP contribution in [-0.2, 0) is 16.1 Å². The van der Waals surface area contributed by atoms with E-state index >= 15 is 0 Å². The molecule has 1 aliphatic carbocycles. The minimum Gasteiger partial charge on any atom is -0.461 e. The third-order valence-corrected chi connectivity index (χ3v) is 8.43. The van der Waals surface area contributed by atoms with Gasteiger partial charge in [0.05, 0.1) is 6.42 Å². The lowest BCUT2D eigenvalue weighted by Gasteiger charge is -2.42. The highest BCUT2D eigenvalue weighted by Gasteiger charge is 2.35. The number of hydrogen-bond acceptors (Lipinski definition) is 5. The summed E-state index contributed by atoms with van der Waals surface area (Å²) in [5, 5.41) is 0.485. The summed E-state index contributed by atoms with van der Waals surface area (Å²) in [4.78, 5) is 27.2. The Bertz CT molecular complexity index is 780. The summed E-state index contributed by atoms with van der Waals surface area (Å²) in [7, 11) is 0. The second-order valence-corrected chi connectivity index (χ2v) is 10.6. The fourth-order valence-electron chi connectivity index (χ4n) is 5.42. The maximum absolute atomic E-state index is 12.6. The zero-order valence-corrected chi connectivity index (χ0v) is 19.1. The normalized spacial score (nSPS) is 28.7. The highest BCUT2D eigenvalue weighted by Crippen LogP contribution is 2.35. The molecule has 0 spiro atoms. The highest BCUT2D eigenvalue weighted by molar-refractivity contribution is 7.99. The van der Waals surface area contributed by atoms with Crippen LogP contribution in [0.5, 0.6) is 0 Å². The summed E-state index contributed by atoms with van der Waals surface area (Å²) >= 11 is 2.01. The molecule has 3 heterocycles. The number of carbonyl (C=O) groups excluding carboxylic acids is 1. The average molecular weight is 433 g/mol. The lowest BCUT2D eigenvalue weighted by molar-refractivity contribution is -0.150. The number of hydrogen-bond donors (Lipinski definition) is 0. The molecule has 0 aromatic carbocycles. The number of ether oxygens (including phenoxy) is 1. The second-order valence-electron chi connectivity index (χ2n) is 9.28. The third kappa shape index (κ3) is 5.31. The van der Waals surface area contributed by atoms with Crippen LogP contribution < -0.4 is 5.56 Å². The average Bonchev–Trinajstić information content (AvgIpc) is 2.74. The van der Waals surface area contributed by atoms with Crippen LogP contribution in [0.3, 0.4) is 0 Å². The first-order valence-electron chi connectivity index (χ1n) is 11.9. The van der Waals surface area contributed by atoms with Crippen LogP contribution in [0.25, 0.3) is 0 Å². The molecule has 30 heavy (non-hydrogen) atoms. The van der Waals surface area contributed by atoms with Gasteiger partial charge in [0.2, 0.25) is 0 Å². The SMILES string of the molecule is CCCCS[C@H]1CCCC[C@H]1OC(=O)CCN1C[C@@H]2C[C@H](C1)c1cccc(=O)n1C2. The summed E-state index contributed by atoms with van der Waals surface area (Å²) in [6, 6.07) is 5.64. The Morgan fingerprint density at radius 3 is 2.93 bits per heavy atom. The van der Waals surface area contributed by atoms with Crippen molar-refractivity contribution in [3.63, 3.8) is 0 Å². The molecule has 166 valence electrons. The number of fused-ring (bicyclic) bond motifs is 4. The van der Waals surface area contributed by atoms with Crippen LogP contribution in [0.4, 0.5) is 0 Å². The van der Waals surface area contributed by atoms with Crippen LogP contribution in [0.15, 0.2) is 23.0 Å². The number of pyridine rings is 1. The van der Waals surface area contributed by atoms with Crippen LogP contribution in [0.2, 0.25) is 0 Å². The molecule has 0 unspecified atom stereocenters. The van der Waals surface area contributed by atoms with E-state index < -0.39 is 0 Å². The highest BCUT2D eigenvalue weighted by atomic mass is 32.2. The lowest BCUT2D eigenvalue weighted by Crippen LogP contribution is -2.47. The number of esters is 1. The maximum atomic E-state index is 12.6. The van der Waals surface area contributed by atoms with Crippen molar-refractivity contribution in [3.8, 4) is 0 Å². The Labute approximate surface area is 184 Å². The van der Waals surface area contributed by atoms with E-state index in [2.05, 4.69) is 17.9 Å². The van der Waals surface area contributed by atoms with Gasteiger partial charge in [0.1, 0.15) is 6.10 Å². The fourth-order valence-corrected chi connectivity index (χ4v) is 6.92. The quantitative estimate of drug-likeness (QED) is 0.458. The minimum absolute atomic E-state index is 0.0321. The van der Waals surface area contributed by atoms with Gasteiger partial charge >= 0.3 is 5.97 Å². The third-order valence-electron chi connectivity index (χ3n) is 6.94. The maximum Gasteiger partial charge on any atom is 0.307 e. The van der Waals surface area contributed by atoms with Gasteiger partial charge in [-0.05, 0) is 49.8 Å². The number of nitrogens with zero attached hydrogens (tertiary/aromatic N) is 2. The second kappa shape index (κ2) is 10.4. The summed E-state index contributed by atoms with van der Waals surface area (Å²) in [5.41, 5.74) is 1.29. The van der Waals surface area contributed by atoms with Crippen molar-refractivity contribution in [1.29, 1.82) is 0 Å². The molecule has 1 saturated carbocycles. The van der Waals surface area contributed by atoms with Crippen LogP contribution in [-0.4, -0.2) is 52.2 Å². The van der Waals surface area contributed by atoms with Gasteiger partial charge in [-0.1, -0.05) is 25.8 Å². The van der Waals surface area contributed by atoms with Gasteiger partial charge in [-0.15, -0.1) is 0 Å². The molecule has 0 N–H and O–H groups in total. The number of carbonyl (C=O) groups is 1. The molecule has 4 rings (SSSR count). The Hall–Kier alpha value is -1.27. The first-order valence-corrected chi connectivity index (χ1v) is 12.9. The zero-order chi connectivity index (χ0) is 20.9. The van der Waals surface area contributed by atoms with Crippen molar-refractivity contribution >= 4 is 17.7 Å². The van der Waals surface area contributed by atoms with Crippen LogP contribution in [0.1, 0.15) is 69.9 Å². The van der Waals surface area contributed by atoms with E-state index in [-0.39, 0.29) is 17.6 Å². The molecule has 0 radical (unpaired) electrons. The number of rotatable bonds is 8. The topological polar surface area (TPSA) is 51.5 Å². The molecule has 2 fully saturated rings. The molecule has 2 aliphatic heterocycles. The Kier molecular flexibility index (Phi) is 7.58. The molecular formula is C24H36N2O3S. The molecule has 2 bridgehead atoms. The standard InChI is InChI=1S/C24H36N2O3S/c1-2-3-13-30-22-9-5-4-8-21(22)29-24(28)11-12-25-15-18-14-19(17-25)20-7-6-10-23(27)26(20)16-18/h6-7,10,18-19,21-22H,2-5,8-9,11-17H2,1H3/t18-,19+,21+,22-/m0/s1. The van der Waals surface area contributed by atoms with Crippen LogP contribution in [0, 0.1) is 5.92 Å². The number of aromatic nitrogens is 1. The zero-order valence-electron chi connectivity index (χ0n) is 18.3. The van der Waals surface area contributed by atoms with Gasteiger partial charge in [0.25, 0.3) is 5.56 Å². The predicted octanol–water partition coefficient (Wildman–Crippen LogP) is 4.05. The molecule has 6 heteroatoms. The van der Waals surface area contributed by atoms with E-state index in [1.165, 1.54) is 43.6 Å². The van der Waals surface area contributed by atoms with Crippen molar-refractivity contribution in [1.82, 2.24) is 9.47 Å². The molecule has 3 aliphatic rings. The van der Waals surface area contributed by atoms with Gasteiger partial charge in [-0.3, -0.25) is 9.59 Å². The molecule has 4 atom stereocenters. The van der Waals surface area contributed by atoms with Gasteiger partial charge in [0.15, 0.2) is 0 Å². The van der Waals surface area contributed by atoms with Gasteiger partial charge in [-0.2, -0.15) is 11.8 Å². The summed E-state index contributed by atoms with van der Waals surface area (Å²) < 4.78 is 7.92. The number of piperidine rings is 1. The van der Waals surface area contributed by atoms with Gasteiger partial charge in [0, 0.05) is 49.1 Å². The summed E-state index contributed by atoms with van der Waals surface area (Å²) in [6.45, 7) is 5.72. The minimum atomic E-state index is -0.0321. The predicted molar refractivity (Wildman–Crippen MR) is 122 cm³/mol. The molecule has 5 nitrogen and oxygen atoms in total. The molecular weight excluding hydrogens is 396 g/mol. The smallest absolute Gasteiger partial charge is 0.307 e. The van der Waals surface area contributed by atoms with E-state index in [4.69, 9.17) is 4.74 Å². The molecule has 1 saturated heterocycles. The van der Waals surface area contributed by atoms with Crippen LogP contribution >= 0.6 is 11.8 Å². The van der Waals surface area contributed by atoms with E-state index in [0.717, 1.165) is 39.0 Å². The Morgan fingerprint density at radius 1 is 1.20 bits per heavy atom. The van der Waals surface area contributed by atoms with Crippen molar-refractivity contribution < 1.29 is 9.53 Å². The van der Waals surface area contributed by atoms with Gasteiger partial charge < -0.3 is 14.2 Å². The fraction of sp³-hybridized carbons (Fsp3) is 0.750. The molecule has 1 aromatic heterocycles. The Morgan fingerprint density at radius 2 is 2.07 bits per heavy atom. The summed E-state index contributed by atoms with van der Waals surface area (Å²) in [6.07, 6.45) is 8.85. The van der Waals surface area contributed by atoms with E-state index in [1.807, 2.05) is 22.4 Å². The van der Waals surface area contributed by atoms with Crippen molar-refractivity contribution in [3.05, 3.63) is 34.2 Å². The van der Waals surface area contributed by atoms with Gasteiger partial charge in [-0.25, -0.2) is 0 Å². The van der Waals surface area contributed by atoms with Crippen molar-refractivity contribution in [2.45, 2.75) is 82.1 Å². The number of unbranched alkanes of at least 4 members (excludes halogenated alkanes) is 1.